The molecule has 1 saturated carbocycles. The van der Waals surface area contributed by atoms with E-state index in [4.69, 9.17) is 0 Å². The van der Waals surface area contributed by atoms with Crippen molar-refractivity contribution in [2.75, 3.05) is 0 Å². The van der Waals surface area contributed by atoms with E-state index in [9.17, 15) is 18.7 Å². The Morgan fingerprint density at radius 1 is 1.23 bits per heavy atom. The topological polar surface area (TPSA) is 49.3 Å². The van der Waals surface area contributed by atoms with Crippen molar-refractivity contribution in [1.82, 2.24) is 5.32 Å². The van der Waals surface area contributed by atoms with E-state index in [1.54, 1.807) is 12.1 Å². The maximum Gasteiger partial charge on any atom is 0.352 e. The molecule has 3 nitrogen and oxygen atoms in total. The van der Waals surface area contributed by atoms with Gasteiger partial charge in [-0.05, 0) is 42.2 Å². The van der Waals surface area contributed by atoms with Crippen LogP contribution in [0.1, 0.15) is 35.1 Å². The summed E-state index contributed by atoms with van der Waals surface area (Å²) in [7, 11) is 0. The van der Waals surface area contributed by atoms with Crippen molar-refractivity contribution >= 4 is 28.6 Å². The number of hydrogen-bond acceptors (Lipinski definition) is 4. The van der Waals surface area contributed by atoms with Gasteiger partial charge in [0.25, 0.3) is 5.91 Å². The number of aliphatic hydroxyl groups is 1. The summed E-state index contributed by atoms with van der Waals surface area (Å²) in [6, 6.07) is 6.60. The zero-order valence-corrected chi connectivity index (χ0v) is 13.2. The van der Waals surface area contributed by atoms with Gasteiger partial charge in [0.2, 0.25) is 0 Å². The highest BCUT2D eigenvalue weighted by Crippen LogP contribution is 2.44. The van der Waals surface area contributed by atoms with Crippen molar-refractivity contribution in [1.29, 1.82) is 0 Å². The molecule has 22 heavy (non-hydrogen) atoms. The number of amides is 1. The Hall–Kier alpha value is -1.31. The number of thiophene rings is 2. The maximum absolute atomic E-state index is 14.2. The fraction of sp³-hybridized carbons (Fsp3) is 0.400. The van der Waals surface area contributed by atoms with Crippen LogP contribution in [0.25, 0.3) is 0 Å². The Kier molecular flexibility index (Phi) is 4.05. The van der Waals surface area contributed by atoms with Gasteiger partial charge in [-0.2, -0.15) is 8.78 Å². The van der Waals surface area contributed by atoms with Crippen LogP contribution in [0.4, 0.5) is 8.78 Å². The van der Waals surface area contributed by atoms with Crippen molar-refractivity contribution in [2.24, 2.45) is 0 Å². The first-order valence-corrected chi connectivity index (χ1v) is 8.68. The van der Waals surface area contributed by atoms with Gasteiger partial charge in [-0.25, -0.2) is 0 Å². The molecule has 1 fully saturated rings. The Balaban J connectivity index is 1.83. The zero-order chi connectivity index (χ0) is 15.8. The van der Waals surface area contributed by atoms with Gasteiger partial charge in [0.05, 0.1) is 6.04 Å². The molecule has 0 spiro atoms. The number of rotatable bonds is 5. The second kappa shape index (κ2) is 5.72. The highest BCUT2D eigenvalue weighted by atomic mass is 32.1. The third-order valence-electron chi connectivity index (χ3n) is 3.98. The average molecular weight is 343 g/mol. The molecule has 118 valence electrons. The molecule has 0 aliphatic heterocycles. The van der Waals surface area contributed by atoms with Crippen LogP contribution < -0.4 is 5.32 Å². The number of halogens is 2. The molecule has 0 radical (unpaired) electrons. The monoisotopic (exact) mass is 343 g/mol. The molecule has 1 aliphatic rings. The second-order valence-corrected chi connectivity index (χ2v) is 7.36. The van der Waals surface area contributed by atoms with Crippen LogP contribution in [0, 0.1) is 0 Å². The van der Waals surface area contributed by atoms with E-state index < -0.39 is 23.5 Å². The lowest BCUT2D eigenvalue weighted by Crippen LogP contribution is -2.60. The Bertz CT molecular complexity index is 602. The van der Waals surface area contributed by atoms with E-state index in [0.29, 0.717) is 6.42 Å². The van der Waals surface area contributed by atoms with Gasteiger partial charge in [0.15, 0.2) is 0 Å². The number of hydrogen-bond donors (Lipinski definition) is 2. The smallest absolute Gasteiger partial charge is 0.352 e. The van der Waals surface area contributed by atoms with Gasteiger partial charge in [-0.3, -0.25) is 4.79 Å². The number of nitrogens with one attached hydrogen (secondary N) is 1. The normalized spacial score (nSPS) is 17.3. The summed E-state index contributed by atoms with van der Waals surface area (Å²) in [5.41, 5.74) is -2.20. The van der Waals surface area contributed by atoms with E-state index in [1.165, 1.54) is 22.7 Å². The maximum atomic E-state index is 14.2. The van der Waals surface area contributed by atoms with Crippen LogP contribution >= 0.6 is 22.7 Å². The minimum atomic E-state index is -3.78. The Morgan fingerprint density at radius 2 is 1.77 bits per heavy atom. The van der Waals surface area contributed by atoms with Gasteiger partial charge in [0, 0.05) is 9.75 Å². The SMILES string of the molecule is O=C(NC(c1cccs1)c1cccs1)C(F)(F)C1(O)CCC1. The standard InChI is InChI=1S/C15H15F2NO2S2/c16-15(17,14(20)6-3-7-14)13(19)18-12(10-4-1-8-21-10)11-5-2-9-22-11/h1-2,4-5,8-9,12,20H,3,6-7H2,(H,18,19). The summed E-state index contributed by atoms with van der Waals surface area (Å²) >= 11 is 2.79. The van der Waals surface area contributed by atoms with Gasteiger partial charge >= 0.3 is 5.92 Å². The molecule has 3 rings (SSSR count). The Labute approximate surface area is 134 Å². The van der Waals surface area contributed by atoms with Gasteiger partial charge in [0.1, 0.15) is 5.60 Å². The molecular weight excluding hydrogens is 328 g/mol. The molecule has 2 N–H and O–H groups in total. The molecule has 1 aliphatic carbocycles. The van der Waals surface area contributed by atoms with Crippen LogP contribution in [-0.2, 0) is 4.79 Å². The summed E-state index contributed by atoms with van der Waals surface area (Å²) in [5.74, 6) is -5.20. The van der Waals surface area contributed by atoms with E-state index in [-0.39, 0.29) is 12.8 Å². The Morgan fingerprint density at radius 3 is 2.14 bits per heavy atom. The van der Waals surface area contributed by atoms with Gasteiger partial charge < -0.3 is 10.4 Å². The van der Waals surface area contributed by atoms with Crippen LogP contribution in [0.15, 0.2) is 35.0 Å². The largest absolute Gasteiger partial charge is 0.383 e. The lowest BCUT2D eigenvalue weighted by molar-refractivity contribution is -0.216. The number of carbonyl (C=O) groups is 1. The van der Waals surface area contributed by atoms with Crippen LogP contribution in [0.2, 0.25) is 0 Å². The lowest BCUT2D eigenvalue weighted by atomic mass is 9.75. The predicted molar refractivity (Wildman–Crippen MR) is 82.4 cm³/mol. The van der Waals surface area contributed by atoms with Gasteiger partial charge in [-0.1, -0.05) is 12.1 Å². The van der Waals surface area contributed by atoms with E-state index in [0.717, 1.165) is 9.75 Å². The van der Waals surface area contributed by atoms with Crippen molar-refractivity contribution in [3.05, 3.63) is 44.8 Å². The molecule has 7 heteroatoms. The molecule has 0 bridgehead atoms. The van der Waals surface area contributed by atoms with Crippen molar-refractivity contribution in [2.45, 2.75) is 36.8 Å². The first-order chi connectivity index (χ1) is 10.4. The van der Waals surface area contributed by atoms with Crippen LogP contribution in [0.3, 0.4) is 0 Å². The van der Waals surface area contributed by atoms with Crippen molar-refractivity contribution in [3.63, 3.8) is 0 Å². The molecule has 2 heterocycles. The summed E-state index contributed by atoms with van der Waals surface area (Å²) in [6.07, 6.45) is 0.421. The van der Waals surface area contributed by atoms with E-state index in [1.807, 2.05) is 22.9 Å². The number of carbonyl (C=O) groups excluding carboxylic acids is 1. The zero-order valence-electron chi connectivity index (χ0n) is 11.6. The predicted octanol–water partition coefficient (Wildman–Crippen LogP) is 3.57. The molecular formula is C15H15F2NO2S2. The van der Waals surface area contributed by atoms with E-state index >= 15 is 0 Å². The highest BCUT2D eigenvalue weighted by Gasteiger charge is 2.61. The molecule has 0 unspecified atom stereocenters. The summed E-state index contributed by atoms with van der Waals surface area (Å²) in [5, 5.41) is 16.0. The molecule has 2 aromatic rings. The highest BCUT2D eigenvalue weighted by molar-refractivity contribution is 7.11. The third-order valence-corrected chi connectivity index (χ3v) is 5.86. The first kappa shape index (κ1) is 15.6. The van der Waals surface area contributed by atoms with E-state index in [2.05, 4.69) is 5.32 Å². The fourth-order valence-corrected chi connectivity index (χ4v) is 4.11. The minimum absolute atomic E-state index is 0.0455. The molecule has 0 atom stereocenters. The summed E-state index contributed by atoms with van der Waals surface area (Å²) in [4.78, 5) is 13.7. The first-order valence-electron chi connectivity index (χ1n) is 6.92. The summed E-state index contributed by atoms with van der Waals surface area (Å²) < 4.78 is 28.5. The average Bonchev–Trinajstić information content (AvgIpc) is 3.14. The van der Waals surface area contributed by atoms with Crippen molar-refractivity contribution in [3.8, 4) is 0 Å². The fourth-order valence-electron chi connectivity index (χ4n) is 2.45. The minimum Gasteiger partial charge on any atom is -0.383 e. The van der Waals surface area contributed by atoms with Crippen LogP contribution in [-0.4, -0.2) is 22.5 Å². The molecule has 1 amide bonds. The summed E-state index contributed by atoms with van der Waals surface area (Å²) in [6.45, 7) is 0. The number of alkyl halides is 2. The molecule has 0 aromatic carbocycles. The van der Waals surface area contributed by atoms with Crippen LogP contribution in [0.5, 0.6) is 0 Å². The van der Waals surface area contributed by atoms with Crippen molar-refractivity contribution < 1.29 is 18.7 Å². The third kappa shape index (κ3) is 2.57. The molecule has 2 aromatic heterocycles. The van der Waals surface area contributed by atoms with Gasteiger partial charge in [-0.15, -0.1) is 22.7 Å². The second-order valence-electron chi connectivity index (χ2n) is 5.40. The molecule has 0 saturated heterocycles. The lowest BCUT2D eigenvalue weighted by Gasteiger charge is -2.41. The quantitative estimate of drug-likeness (QED) is 0.872.